The number of Topliss-reactive ketones (excluding diaryl/α,β-unsaturated/α-hetero) is 1. The number of ether oxygens (including phenoxy) is 3. The maximum Gasteiger partial charge on any atom is 0.313 e. The molecule has 148 valence electrons. The first-order valence-corrected chi connectivity index (χ1v) is 9.69. The van der Waals surface area contributed by atoms with Gasteiger partial charge in [0.25, 0.3) is 0 Å². The summed E-state index contributed by atoms with van der Waals surface area (Å²) in [6.07, 6.45) is -2.34. The molecule has 2 aromatic carbocycles. The van der Waals surface area contributed by atoms with Crippen molar-refractivity contribution in [2.24, 2.45) is 5.73 Å². The van der Waals surface area contributed by atoms with E-state index in [9.17, 15) is 13.2 Å². The van der Waals surface area contributed by atoms with Crippen LogP contribution in [0.2, 0.25) is 0 Å². The van der Waals surface area contributed by atoms with Crippen LogP contribution in [0, 0.1) is 0 Å². The number of carbonyl (C=O) groups is 1. The largest absolute Gasteiger partial charge is 0.497 e. The Hall–Kier alpha value is -3.20. The first-order chi connectivity index (χ1) is 13.7. The van der Waals surface area contributed by atoms with Crippen LogP contribution in [-0.2, 0) is 29.6 Å². The fraction of sp³-hybridized carbons (Fsp3) is 0.211. The highest BCUT2D eigenvalue weighted by molar-refractivity contribution is 7.86. The minimum absolute atomic E-state index is 0.0423. The summed E-state index contributed by atoms with van der Waals surface area (Å²) < 4.78 is 53.7. The van der Waals surface area contributed by atoms with Gasteiger partial charge in [0.05, 0.1) is 15.6 Å². The van der Waals surface area contributed by atoms with E-state index in [1.165, 1.54) is 26.4 Å². The number of carbonyl (C=O) groups excluding carboxylic acids is 1. The van der Waals surface area contributed by atoms with E-state index in [1.54, 1.807) is 36.4 Å². The van der Waals surface area contributed by atoms with Crippen molar-refractivity contribution in [1.29, 1.82) is 0 Å². The number of nitrogens with two attached hydrogens (primary N) is 1. The third-order valence-corrected chi connectivity index (χ3v) is 4.97. The van der Waals surface area contributed by atoms with Crippen LogP contribution in [0.1, 0.15) is 18.6 Å². The number of methoxy groups -OCH3 is 2. The van der Waals surface area contributed by atoms with Crippen molar-refractivity contribution in [1.82, 2.24) is 0 Å². The zero-order chi connectivity index (χ0) is 21.2. The van der Waals surface area contributed by atoms with Gasteiger partial charge in [0.15, 0.2) is 6.08 Å². The van der Waals surface area contributed by atoms with Crippen LogP contribution in [0.3, 0.4) is 0 Å². The fourth-order valence-corrected chi connectivity index (χ4v) is 3.63. The molecule has 8 nitrogen and oxygen atoms in total. The Balaban J connectivity index is 1.89. The normalized spacial score (nSPS) is 19.8. The van der Waals surface area contributed by atoms with Gasteiger partial charge in [0, 0.05) is 11.6 Å². The van der Waals surface area contributed by atoms with Gasteiger partial charge in [-0.3, -0.25) is 4.79 Å². The van der Waals surface area contributed by atoms with Gasteiger partial charge in [-0.2, -0.15) is 8.42 Å². The molecular formula is C19H19NO7S. The number of benzene rings is 2. The maximum atomic E-state index is 12.8. The number of rotatable bonds is 7. The monoisotopic (exact) mass is 406 g/mol. The molecule has 2 N–H and O–H groups in total. The predicted octanol–water partition coefficient (Wildman–Crippen LogP) is 2.02. The van der Waals surface area contributed by atoms with Gasteiger partial charge in [-0.25, -0.2) is 0 Å². The Morgan fingerprint density at radius 2 is 1.71 bits per heavy atom. The van der Waals surface area contributed by atoms with Crippen molar-refractivity contribution in [3.8, 4) is 11.5 Å². The zero-order valence-corrected chi connectivity index (χ0v) is 16.0. The van der Waals surface area contributed by atoms with E-state index >= 15 is 0 Å². The lowest BCUT2D eigenvalue weighted by Crippen LogP contribution is -2.16. The summed E-state index contributed by atoms with van der Waals surface area (Å²) in [6, 6.07) is 12.6. The van der Waals surface area contributed by atoms with Crippen LogP contribution in [0.25, 0.3) is 0 Å². The van der Waals surface area contributed by atoms with Crippen LogP contribution < -0.4 is 15.2 Å². The van der Waals surface area contributed by atoms with E-state index in [0.29, 0.717) is 17.1 Å². The summed E-state index contributed by atoms with van der Waals surface area (Å²) in [6.45, 7) is 0. The molecule has 0 amide bonds. The highest BCUT2D eigenvalue weighted by atomic mass is 32.2. The molecule has 0 spiro atoms. The first kappa shape index (κ1) is 18.2. The van der Waals surface area contributed by atoms with Gasteiger partial charge in [0.1, 0.15) is 17.3 Å². The molecule has 1 unspecified atom stereocenters. The Morgan fingerprint density at radius 1 is 1.11 bits per heavy atom. The molecule has 3 rings (SSSR count). The molecule has 0 fully saturated rings. The molecule has 0 aromatic heterocycles. The third kappa shape index (κ3) is 4.20. The highest BCUT2D eigenvalue weighted by Crippen LogP contribution is 2.36. The maximum absolute atomic E-state index is 12.8. The van der Waals surface area contributed by atoms with Crippen LogP contribution in [0.4, 0.5) is 0 Å². The summed E-state index contributed by atoms with van der Waals surface area (Å²) >= 11 is 0. The van der Waals surface area contributed by atoms with E-state index in [2.05, 4.69) is 0 Å². The van der Waals surface area contributed by atoms with E-state index in [1.807, 2.05) is 0 Å². The lowest BCUT2D eigenvalue weighted by molar-refractivity contribution is -0.123. The molecule has 1 aliphatic heterocycles. The van der Waals surface area contributed by atoms with Crippen LogP contribution in [0.5, 0.6) is 11.5 Å². The molecule has 0 saturated heterocycles. The van der Waals surface area contributed by atoms with Gasteiger partial charge >= 0.3 is 10.1 Å². The summed E-state index contributed by atoms with van der Waals surface area (Å²) in [4.78, 5) is 12.8. The van der Waals surface area contributed by atoms with E-state index < -0.39 is 39.4 Å². The number of ketones is 1. The molecular weight excluding hydrogens is 386 g/mol. The van der Waals surface area contributed by atoms with Crippen molar-refractivity contribution in [3.05, 3.63) is 71.3 Å². The molecule has 1 aliphatic rings. The van der Waals surface area contributed by atoms with Gasteiger partial charge in [-0.1, -0.05) is 30.3 Å². The summed E-state index contributed by atoms with van der Waals surface area (Å²) in [5.74, 6) is -2.24. The Kier molecular flexibility index (Phi) is 5.07. The van der Waals surface area contributed by atoms with E-state index in [4.69, 9.17) is 25.5 Å². The van der Waals surface area contributed by atoms with Crippen molar-refractivity contribution < 1.29 is 33.0 Å². The van der Waals surface area contributed by atoms with Crippen molar-refractivity contribution in [2.45, 2.75) is 11.8 Å². The quantitative estimate of drug-likeness (QED) is 0.695. The minimum Gasteiger partial charge on any atom is -0.497 e. The molecule has 0 bridgehead atoms. The summed E-state index contributed by atoms with van der Waals surface area (Å²) in [5.41, 5.74) is 6.20. The average Bonchev–Trinajstić information content (AvgIpc) is 2.91. The molecule has 1 atom stereocenters. The topological polar surface area (TPSA) is 114 Å². The van der Waals surface area contributed by atoms with Crippen LogP contribution in [0.15, 0.2) is 60.2 Å². The molecule has 9 heteroatoms. The fourth-order valence-electron chi connectivity index (χ4n) is 2.56. The van der Waals surface area contributed by atoms with Gasteiger partial charge in [0.2, 0.25) is 17.4 Å². The van der Waals surface area contributed by atoms with Gasteiger partial charge < -0.3 is 24.1 Å². The molecule has 0 saturated carbocycles. The van der Waals surface area contributed by atoms with Gasteiger partial charge in [-0.15, -0.1) is 0 Å². The highest BCUT2D eigenvalue weighted by Gasteiger charge is 2.40. The second-order valence-electron chi connectivity index (χ2n) is 5.83. The number of hydrogen-bond donors (Lipinski definition) is 1. The number of hydrogen-bond acceptors (Lipinski definition) is 8. The Labute approximate surface area is 164 Å². The van der Waals surface area contributed by atoms with E-state index in [0.717, 1.165) is 0 Å². The second kappa shape index (κ2) is 7.81. The summed E-state index contributed by atoms with van der Waals surface area (Å²) in [5, 5.41) is 0. The van der Waals surface area contributed by atoms with E-state index in [-0.39, 0.29) is 5.56 Å². The van der Waals surface area contributed by atoms with Crippen LogP contribution >= 0.6 is 0 Å². The Morgan fingerprint density at radius 3 is 2.29 bits per heavy atom. The lowest BCUT2D eigenvalue weighted by Gasteiger charge is -2.13. The van der Waals surface area contributed by atoms with Crippen molar-refractivity contribution >= 4 is 15.9 Å². The molecule has 28 heavy (non-hydrogen) atoms. The molecule has 0 radical (unpaired) electrons. The lowest BCUT2D eigenvalue weighted by atomic mass is 10.1. The first-order valence-electron chi connectivity index (χ1n) is 8.61. The SMILES string of the molecule is [2H]C1(c2cc(OC)cc(OC)c2)OC(N)=C(OS(=O)(=O)Cc2ccccc2)C1=O. The van der Waals surface area contributed by atoms with Crippen molar-refractivity contribution in [2.75, 3.05) is 14.2 Å². The predicted molar refractivity (Wildman–Crippen MR) is 99.7 cm³/mol. The van der Waals surface area contributed by atoms with Crippen molar-refractivity contribution in [3.63, 3.8) is 0 Å². The average molecular weight is 406 g/mol. The minimum atomic E-state index is -4.21. The summed E-state index contributed by atoms with van der Waals surface area (Å²) in [7, 11) is -1.40. The second-order valence-corrected chi connectivity index (χ2v) is 7.40. The standard InChI is InChI=1S/C19H19NO7S/c1-24-14-8-13(9-15(10-14)25-2)17-16(21)18(19(20)26-17)27-28(22,23)11-12-6-4-3-5-7-12/h3-10,17H,11,20H2,1-2H3/i17D. The molecule has 0 aliphatic carbocycles. The third-order valence-electron chi connectivity index (χ3n) is 3.86. The van der Waals surface area contributed by atoms with Gasteiger partial charge in [-0.05, 0) is 17.7 Å². The smallest absolute Gasteiger partial charge is 0.313 e. The molecule has 2 aromatic rings. The molecule has 1 heterocycles. The zero-order valence-electron chi connectivity index (χ0n) is 16.2. The van der Waals surface area contributed by atoms with Crippen LogP contribution in [-0.4, -0.2) is 28.4 Å². The Bertz CT molecular complexity index is 1050.